The molecule has 1 aliphatic rings. The van der Waals surface area contributed by atoms with Gasteiger partial charge in [0.2, 0.25) is 0 Å². The van der Waals surface area contributed by atoms with E-state index in [1.165, 1.54) is 11.8 Å². The second kappa shape index (κ2) is 11.3. The number of amidine groups is 1. The second-order valence-corrected chi connectivity index (χ2v) is 8.16. The van der Waals surface area contributed by atoms with Gasteiger partial charge in [0.1, 0.15) is 5.75 Å². The van der Waals surface area contributed by atoms with Crippen molar-refractivity contribution in [3.05, 3.63) is 56.9 Å². The molecule has 1 amide bonds. The SMILES string of the molecule is CCOC(=O)COc1c(Cl)cc(/C=C2/SC(=Nc3ccc(OCC)cc3)NC2=O)cc1Cl. The van der Waals surface area contributed by atoms with Gasteiger partial charge >= 0.3 is 5.97 Å². The average molecular weight is 495 g/mol. The summed E-state index contributed by atoms with van der Waals surface area (Å²) in [5.74, 6) is 0.118. The largest absolute Gasteiger partial charge is 0.494 e. The van der Waals surface area contributed by atoms with Crippen molar-refractivity contribution in [1.29, 1.82) is 0 Å². The number of halogens is 2. The Morgan fingerprint density at radius 1 is 1.09 bits per heavy atom. The zero-order chi connectivity index (χ0) is 23.1. The fourth-order valence-corrected chi connectivity index (χ4v) is 4.12. The maximum atomic E-state index is 12.4. The number of aliphatic imine (C=N–C) groups is 1. The van der Waals surface area contributed by atoms with Gasteiger partial charge < -0.3 is 19.5 Å². The summed E-state index contributed by atoms with van der Waals surface area (Å²) >= 11 is 13.7. The van der Waals surface area contributed by atoms with Crippen molar-refractivity contribution in [3.63, 3.8) is 0 Å². The van der Waals surface area contributed by atoms with Gasteiger partial charge in [-0.2, -0.15) is 0 Å². The molecular formula is C22H20Cl2N2O5S. The fraction of sp³-hybridized carbons (Fsp3) is 0.227. The number of hydrogen-bond donors (Lipinski definition) is 1. The third kappa shape index (κ3) is 6.41. The van der Waals surface area contributed by atoms with Crippen LogP contribution in [0.3, 0.4) is 0 Å². The van der Waals surface area contributed by atoms with Crippen molar-refractivity contribution in [2.45, 2.75) is 13.8 Å². The first kappa shape index (κ1) is 24.0. The molecule has 0 bridgehead atoms. The number of ether oxygens (including phenoxy) is 3. The van der Waals surface area contributed by atoms with Crippen LogP contribution in [0.1, 0.15) is 19.4 Å². The fourth-order valence-electron chi connectivity index (χ4n) is 2.67. The van der Waals surface area contributed by atoms with Crippen LogP contribution in [0.5, 0.6) is 11.5 Å². The van der Waals surface area contributed by atoms with Crippen LogP contribution in [0.4, 0.5) is 5.69 Å². The molecule has 0 aliphatic carbocycles. The Morgan fingerprint density at radius 3 is 2.41 bits per heavy atom. The van der Waals surface area contributed by atoms with Gasteiger partial charge in [-0.05, 0) is 73.6 Å². The molecule has 1 fully saturated rings. The highest BCUT2D eigenvalue weighted by Crippen LogP contribution is 2.36. The lowest BCUT2D eigenvalue weighted by molar-refractivity contribution is -0.145. The molecule has 1 aliphatic heterocycles. The Balaban J connectivity index is 1.72. The normalized spacial score (nSPS) is 15.7. The predicted molar refractivity (Wildman–Crippen MR) is 127 cm³/mol. The van der Waals surface area contributed by atoms with Crippen LogP contribution >= 0.6 is 35.0 Å². The van der Waals surface area contributed by atoms with E-state index in [4.69, 9.17) is 37.4 Å². The van der Waals surface area contributed by atoms with Gasteiger partial charge in [0.25, 0.3) is 5.91 Å². The molecule has 0 unspecified atom stereocenters. The summed E-state index contributed by atoms with van der Waals surface area (Å²) in [6.45, 7) is 4.14. The highest BCUT2D eigenvalue weighted by molar-refractivity contribution is 8.18. The average Bonchev–Trinajstić information content (AvgIpc) is 3.08. The quantitative estimate of drug-likeness (QED) is 0.399. The zero-order valence-electron chi connectivity index (χ0n) is 17.3. The molecule has 2 aromatic carbocycles. The van der Waals surface area contributed by atoms with Gasteiger partial charge in [0, 0.05) is 0 Å². The predicted octanol–water partition coefficient (Wildman–Crippen LogP) is 5.23. The smallest absolute Gasteiger partial charge is 0.344 e. The Bertz CT molecular complexity index is 1050. The van der Waals surface area contributed by atoms with Crippen molar-refractivity contribution >= 4 is 63.8 Å². The van der Waals surface area contributed by atoms with E-state index in [0.717, 1.165) is 5.75 Å². The van der Waals surface area contributed by atoms with Crippen molar-refractivity contribution in [2.75, 3.05) is 19.8 Å². The number of esters is 1. The molecule has 0 spiro atoms. The molecule has 0 atom stereocenters. The van der Waals surface area contributed by atoms with Gasteiger partial charge in [-0.15, -0.1) is 0 Å². The first-order valence-corrected chi connectivity index (χ1v) is 11.3. The van der Waals surface area contributed by atoms with Gasteiger partial charge in [-0.3, -0.25) is 4.79 Å². The lowest BCUT2D eigenvalue weighted by Crippen LogP contribution is -2.19. The van der Waals surface area contributed by atoms with E-state index in [2.05, 4.69) is 10.3 Å². The molecule has 1 N–H and O–H groups in total. The number of amides is 1. The van der Waals surface area contributed by atoms with Crippen LogP contribution in [0.2, 0.25) is 10.0 Å². The maximum absolute atomic E-state index is 12.4. The van der Waals surface area contributed by atoms with Crippen LogP contribution in [0.25, 0.3) is 6.08 Å². The monoisotopic (exact) mass is 494 g/mol. The van der Waals surface area contributed by atoms with E-state index >= 15 is 0 Å². The number of benzene rings is 2. The maximum Gasteiger partial charge on any atom is 0.344 e. The molecule has 10 heteroatoms. The van der Waals surface area contributed by atoms with Gasteiger partial charge in [-0.1, -0.05) is 23.2 Å². The first-order chi connectivity index (χ1) is 15.4. The van der Waals surface area contributed by atoms with Gasteiger partial charge in [0.15, 0.2) is 17.5 Å². The van der Waals surface area contributed by atoms with E-state index in [1.807, 2.05) is 19.1 Å². The van der Waals surface area contributed by atoms with Gasteiger partial charge in [-0.25, -0.2) is 9.79 Å². The molecule has 32 heavy (non-hydrogen) atoms. The lowest BCUT2D eigenvalue weighted by Gasteiger charge is -2.10. The summed E-state index contributed by atoms with van der Waals surface area (Å²) in [6, 6.07) is 10.4. The van der Waals surface area contributed by atoms with Crippen molar-refractivity contribution < 1.29 is 23.8 Å². The number of rotatable bonds is 8. The molecule has 1 heterocycles. The number of carbonyl (C=O) groups is 2. The van der Waals surface area contributed by atoms with Crippen LogP contribution in [-0.2, 0) is 14.3 Å². The Kier molecular flexibility index (Phi) is 8.44. The van der Waals surface area contributed by atoms with Crippen LogP contribution in [0, 0.1) is 0 Å². The Labute approximate surface area is 199 Å². The molecular weight excluding hydrogens is 475 g/mol. The third-order valence-electron chi connectivity index (χ3n) is 3.99. The third-order valence-corrected chi connectivity index (χ3v) is 5.46. The molecule has 0 aromatic heterocycles. The summed E-state index contributed by atoms with van der Waals surface area (Å²) in [7, 11) is 0. The molecule has 168 valence electrons. The van der Waals surface area contributed by atoms with E-state index < -0.39 is 5.97 Å². The number of nitrogens with one attached hydrogen (secondary N) is 1. The zero-order valence-corrected chi connectivity index (χ0v) is 19.6. The number of carbonyl (C=O) groups excluding carboxylic acids is 2. The first-order valence-electron chi connectivity index (χ1n) is 9.69. The summed E-state index contributed by atoms with van der Waals surface area (Å²) in [4.78, 5) is 28.7. The minimum absolute atomic E-state index is 0.171. The van der Waals surface area contributed by atoms with E-state index in [9.17, 15) is 9.59 Å². The molecule has 0 saturated carbocycles. The van der Waals surface area contributed by atoms with Crippen LogP contribution in [0.15, 0.2) is 46.3 Å². The summed E-state index contributed by atoms with van der Waals surface area (Å²) < 4.78 is 15.6. The molecule has 7 nitrogen and oxygen atoms in total. The van der Waals surface area contributed by atoms with Gasteiger partial charge in [0.05, 0.1) is 33.9 Å². The lowest BCUT2D eigenvalue weighted by atomic mass is 10.2. The van der Waals surface area contributed by atoms with E-state index in [-0.39, 0.29) is 34.9 Å². The van der Waals surface area contributed by atoms with Crippen molar-refractivity contribution in [3.8, 4) is 11.5 Å². The van der Waals surface area contributed by atoms with Crippen LogP contribution in [-0.4, -0.2) is 36.9 Å². The number of thioether (sulfide) groups is 1. The minimum Gasteiger partial charge on any atom is -0.494 e. The summed E-state index contributed by atoms with van der Waals surface area (Å²) in [6.07, 6.45) is 1.65. The van der Waals surface area contributed by atoms with Crippen molar-refractivity contribution in [2.24, 2.45) is 4.99 Å². The molecule has 2 aromatic rings. The molecule has 3 rings (SSSR count). The summed E-state index contributed by atoms with van der Waals surface area (Å²) in [5, 5.41) is 3.60. The highest BCUT2D eigenvalue weighted by Gasteiger charge is 2.24. The van der Waals surface area contributed by atoms with E-state index in [1.54, 1.807) is 37.3 Å². The Morgan fingerprint density at radius 2 is 1.78 bits per heavy atom. The highest BCUT2D eigenvalue weighted by atomic mass is 35.5. The summed E-state index contributed by atoms with van der Waals surface area (Å²) in [5.41, 5.74) is 1.29. The van der Waals surface area contributed by atoms with Crippen molar-refractivity contribution in [1.82, 2.24) is 5.32 Å². The minimum atomic E-state index is -0.524. The molecule has 0 radical (unpaired) electrons. The Hall–Kier alpha value is -2.68. The molecule has 1 saturated heterocycles. The second-order valence-electron chi connectivity index (χ2n) is 6.32. The standard InChI is InChI=1S/C22H20Cl2N2O5S/c1-3-29-15-7-5-14(6-8-15)25-22-26-21(28)18(32-22)11-13-9-16(23)20(17(24)10-13)31-12-19(27)30-4-2/h5-11H,3-4,12H2,1-2H3,(H,25,26,28)/b18-11+. The topological polar surface area (TPSA) is 86.2 Å². The number of nitrogens with zero attached hydrogens (tertiary/aromatic N) is 1. The van der Waals surface area contributed by atoms with E-state index in [0.29, 0.717) is 27.9 Å². The van der Waals surface area contributed by atoms with Crippen LogP contribution < -0.4 is 14.8 Å². The number of hydrogen-bond acceptors (Lipinski definition) is 7.